The maximum Gasteiger partial charge on any atom is 0.258 e. The molecule has 0 aromatic carbocycles. The molecule has 2 unspecified atom stereocenters. The highest BCUT2D eigenvalue weighted by Crippen LogP contribution is 2.33. The molecule has 8 nitrogen and oxygen atoms in total. The number of aromatic nitrogens is 3. The third kappa shape index (κ3) is 4.51. The molecule has 0 aliphatic carbocycles. The quantitative estimate of drug-likeness (QED) is 0.401. The lowest BCUT2D eigenvalue weighted by atomic mass is 10.1. The second-order valence-corrected chi connectivity index (χ2v) is 9.54. The highest BCUT2D eigenvalue weighted by molar-refractivity contribution is 7.20. The molecule has 1 aliphatic heterocycles. The standard InChI is InChI=1S/C24H25FN6O2S/c1-13(28-23-17-10-20(22(26)32)34-24(17)30-14(2)29-23)18-5-6-19(33-18)21-15(4-3-8-27-21)11-31-9-7-16(25)12-31/h3-6,8,10,13,16H,7,9,11-12H2,1-2H3,(H2,26,32)(H,28,29,30). The molecule has 1 amide bonds. The van der Waals surface area contributed by atoms with Crippen LogP contribution in [0.3, 0.4) is 0 Å². The van der Waals surface area contributed by atoms with E-state index < -0.39 is 12.1 Å². The van der Waals surface area contributed by atoms with Crippen molar-refractivity contribution in [3.63, 3.8) is 0 Å². The molecule has 4 aromatic rings. The fraction of sp³-hybridized carbons (Fsp3) is 0.333. The Labute approximate surface area is 200 Å². The average Bonchev–Trinajstić information content (AvgIpc) is 3.54. The Bertz CT molecular complexity index is 1350. The second kappa shape index (κ2) is 9.11. The van der Waals surface area contributed by atoms with Gasteiger partial charge in [0.2, 0.25) is 0 Å². The van der Waals surface area contributed by atoms with Crippen LogP contribution in [0.5, 0.6) is 0 Å². The molecular weight excluding hydrogens is 455 g/mol. The van der Waals surface area contributed by atoms with Gasteiger partial charge in [0.1, 0.15) is 34.1 Å². The zero-order valence-electron chi connectivity index (χ0n) is 18.9. The number of furan rings is 1. The van der Waals surface area contributed by atoms with Crippen molar-refractivity contribution in [3.8, 4) is 11.5 Å². The predicted molar refractivity (Wildman–Crippen MR) is 129 cm³/mol. The number of carbonyl (C=O) groups is 1. The van der Waals surface area contributed by atoms with Gasteiger partial charge in [-0.15, -0.1) is 11.3 Å². The number of amides is 1. The zero-order valence-corrected chi connectivity index (χ0v) is 19.7. The highest BCUT2D eigenvalue weighted by atomic mass is 32.1. The molecule has 4 aromatic heterocycles. The molecule has 176 valence electrons. The number of aryl methyl sites for hydroxylation is 1. The first-order valence-electron chi connectivity index (χ1n) is 11.1. The number of nitrogens with two attached hydrogens (primary N) is 1. The van der Waals surface area contributed by atoms with Crippen molar-refractivity contribution in [1.29, 1.82) is 0 Å². The fourth-order valence-electron chi connectivity index (χ4n) is 4.21. The third-order valence-electron chi connectivity index (χ3n) is 5.89. The third-order valence-corrected chi connectivity index (χ3v) is 6.93. The minimum Gasteiger partial charge on any atom is -0.457 e. The van der Waals surface area contributed by atoms with Crippen LogP contribution < -0.4 is 11.1 Å². The predicted octanol–water partition coefficient (Wildman–Crippen LogP) is 4.47. The molecule has 34 heavy (non-hydrogen) atoms. The first-order valence-corrected chi connectivity index (χ1v) is 11.9. The van der Waals surface area contributed by atoms with Crippen LogP contribution in [0, 0.1) is 6.92 Å². The maximum absolute atomic E-state index is 13.6. The number of halogens is 1. The molecule has 0 spiro atoms. The van der Waals surface area contributed by atoms with Crippen molar-refractivity contribution in [2.75, 3.05) is 18.4 Å². The Morgan fingerprint density at radius 1 is 1.38 bits per heavy atom. The SMILES string of the molecule is Cc1nc(NC(C)c2ccc(-c3ncccc3CN3CCC(F)C3)o2)c2cc(C(N)=O)sc2n1. The number of pyridine rings is 1. The van der Waals surface area contributed by atoms with Crippen LogP contribution in [0.4, 0.5) is 10.2 Å². The number of rotatable bonds is 7. The fourth-order valence-corrected chi connectivity index (χ4v) is 5.14. The number of nitrogens with zero attached hydrogens (tertiary/aromatic N) is 4. The number of hydrogen-bond acceptors (Lipinski definition) is 8. The number of hydrogen-bond donors (Lipinski definition) is 2. The highest BCUT2D eigenvalue weighted by Gasteiger charge is 2.24. The summed E-state index contributed by atoms with van der Waals surface area (Å²) in [4.78, 5) is 28.3. The Hall–Kier alpha value is -3.37. The van der Waals surface area contributed by atoms with Crippen molar-refractivity contribution in [3.05, 3.63) is 58.6 Å². The summed E-state index contributed by atoms with van der Waals surface area (Å²) in [6.07, 6.45) is 1.55. The number of primary amides is 1. The number of nitrogens with one attached hydrogen (secondary N) is 1. The number of alkyl halides is 1. The topological polar surface area (TPSA) is 110 Å². The van der Waals surface area contributed by atoms with Crippen LogP contribution in [-0.2, 0) is 6.54 Å². The summed E-state index contributed by atoms with van der Waals surface area (Å²) in [6, 6.07) is 9.21. The van der Waals surface area contributed by atoms with Gasteiger partial charge in [-0.05, 0) is 50.1 Å². The van der Waals surface area contributed by atoms with E-state index in [2.05, 4.69) is 25.2 Å². The van der Waals surface area contributed by atoms with E-state index in [0.29, 0.717) is 52.4 Å². The Balaban J connectivity index is 1.38. The van der Waals surface area contributed by atoms with Crippen molar-refractivity contribution < 1.29 is 13.6 Å². The first kappa shape index (κ1) is 22.4. The summed E-state index contributed by atoms with van der Waals surface area (Å²) in [7, 11) is 0. The van der Waals surface area contributed by atoms with Crippen molar-refractivity contribution >= 4 is 33.3 Å². The van der Waals surface area contributed by atoms with Crippen molar-refractivity contribution in [1.82, 2.24) is 19.9 Å². The van der Waals surface area contributed by atoms with Gasteiger partial charge in [0, 0.05) is 25.8 Å². The van der Waals surface area contributed by atoms with Crippen LogP contribution in [0.25, 0.3) is 21.7 Å². The van der Waals surface area contributed by atoms with E-state index in [-0.39, 0.29) is 6.04 Å². The Morgan fingerprint density at radius 3 is 3.00 bits per heavy atom. The molecular formula is C24H25FN6O2S. The van der Waals surface area contributed by atoms with Crippen LogP contribution in [-0.4, -0.2) is 45.0 Å². The molecule has 1 aliphatic rings. The van der Waals surface area contributed by atoms with E-state index in [1.165, 1.54) is 11.3 Å². The van der Waals surface area contributed by atoms with Gasteiger partial charge in [-0.1, -0.05) is 6.07 Å². The van der Waals surface area contributed by atoms with E-state index in [0.717, 1.165) is 23.2 Å². The first-order chi connectivity index (χ1) is 16.4. The lowest BCUT2D eigenvalue weighted by Gasteiger charge is -2.16. The summed E-state index contributed by atoms with van der Waals surface area (Å²) >= 11 is 1.25. The van der Waals surface area contributed by atoms with E-state index in [9.17, 15) is 9.18 Å². The monoisotopic (exact) mass is 480 g/mol. The maximum atomic E-state index is 13.6. The minimum absolute atomic E-state index is 0.207. The number of fused-ring (bicyclic) bond motifs is 1. The van der Waals surface area contributed by atoms with Crippen LogP contribution in [0.15, 0.2) is 40.9 Å². The van der Waals surface area contributed by atoms with Gasteiger partial charge in [-0.3, -0.25) is 14.7 Å². The summed E-state index contributed by atoms with van der Waals surface area (Å²) in [5.74, 6) is 2.09. The molecule has 1 saturated heterocycles. The average molecular weight is 481 g/mol. The summed E-state index contributed by atoms with van der Waals surface area (Å²) < 4.78 is 19.8. The van der Waals surface area contributed by atoms with Crippen LogP contribution in [0.2, 0.25) is 0 Å². The zero-order chi connectivity index (χ0) is 23.8. The Kier molecular flexibility index (Phi) is 6.01. The molecule has 5 heterocycles. The molecule has 2 atom stereocenters. The van der Waals surface area contributed by atoms with Gasteiger partial charge in [-0.2, -0.15) is 0 Å². The molecule has 5 rings (SSSR count). The van der Waals surface area contributed by atoms with Crippen molar-refractivity contribution in [2.45, 2.75) is 39.0 Å². The number of thiophene rings is 1. The molecule has 10 heteroatoms. The van der Waals surface area contributed by atoms with Crippen molar-refractivity contribution in [2.24, 2.45) is 5.73 Å². The van der Waals surface area contributed by atoms with Gasteiger partial charge in [0.25, 0.3) is 5.91 Å². The van der Waals surface area contributed by atoms with Gasteiger partial charge in [0.05, 0.1) is 16.3 Å². The summed E-state index contributed by atoms with van der Waals surface area (Å²) in [5.41, 5.74) is 7.21. The van der Waals surface area contributed by atoms with E-state index in [4.69, 9.17) is 10.2 Å². The van der Waals surface area contributed by atoms with Crippen LogP contribution in [0.1, 0.15) is 46.2 Å². The molecule has 0 radical (unpaired) electrons. The lowest BCUT2D eigenvalue weighted by molar-refractivity contribution is 0.100. The van der Waals surface area contributed by atoms with E-state index in [1.807, 2.05) is 31.2 Å². The summed E-state index contributed by atoms with van der Waals surface area (Å²) in [5, 5.41) is 4.12. The van der Waals surface area contributed by atoms with Gasteiger partial charge >= 0.3 is 0 Å². The largest absolute Gasteiger partial charge is 0.457 e. The second-order valence-electron chi connectivity index (χ2n) is 8.51. The molecule has 0 bridgehead atoms. The number of likely N-dealkylation sites (tertiary alicyclic amines) is 1. The Morgan fingerprint density at radius 2 is 2.24 bits per heavy atom. The van der Waals surface area contributed by atoms with Crippen LogP contribution >= 0.6 is 11.3 Å². The minimum atomic E-state index is -0.763. The van der Waals surface area contributed by atoms with Gasteiger partial charge in [-0.25, -0.2) is 14.4 Å². The summed E-state index contributed by atoms with van der Waals surface area (Å²) in [6.45, 7) is 5.60. The number of carbonyl (C=O) groups excluding carboxylic acids is 1. The van der Waals surface area contributed by atoms with E-state index >= 15 is 0 Å². The molecule has 3 N–H and O–H groups in total. The van der Waals surface area contributed by atoms with Gasteiger partial charge < -0.3 is 15.5 Å². The normalized spacial score (nSPS) is 17.3. The number of anilines is 1. The molecule has 0 saturated carbocycles. The smallest absolute Gasteiger partial charge is 0.258 e. The molecule has 1 fully saturated rings. The van der Waals surface area contributed by atoms with E-state index in [1.54, 1.807) is 19.2 Å². The lowest BCUT2D eigenvalue weighted by Crippen LogP contribution is -2.21. The van der Waals surface area contributed by atoms with Gasteiger partial charge in [0.15, 0.2) is 5.76 Å².